The molecule has 0 aliphatic rings. The molecule has 0 saturated heterocycles. The van der Waals surface area contributed by atoms with Gasteiger partial charge in [-0.2, -0.15) is 0 Å². The normalized spacial score (nSPS) is 16.8. The number of aliphatic hydroxyl groups excluding tert-OH is 4. The fourth-order valence-electron chi connectivity index (χ4n) is 0.766. The summed E-state index contributed by atoms with van der Waals surface area (Å²) in [6, 6.07) is 0. The summed E-state index contributed by atoms with van der Waals surface area (Å²) in [4.78, 5) is 27.2. The topological polar surface area (TPSA) is 165 Å². The average Bonchev–Trinajstić information content (AvgIpc) is 2.21. The molecule has 0 aromatic carbocycles. The molecule has 0 unspecified atom stereocenters. The third-order valence-electron chi connectivity index (χ3n) is 1.62. The van der Waals surface area contributed by atoms with E-state index in [1.807, 2.05) is 0 Å². The molecule has 0 aliphatic carbocycles. The van der Waals surface area contributed by atoms with E-state index in [0.29, 0.717) is 0 Å². The molecule has 98 valence electrons. The van der Waals surface area contributed by atoms with E-state index in [0.717, 1.165) is 0 Å². The van der Waals surface area contributed by atoms with Gasteiger partial charge in [-0.1, -0.05) is 0 Å². The summed E-state index contributed by atoms with van der Waals surface area (Å²) in [7, 11) is -4.81. The Morgan fingerprint density at radius 1 is 1.24 bits per heavy atom. The number of hydrogen-bond donors (Lipinski definition) is 6. The Kier molecular flexibility index (Phi) is 10.6. The van der Waals surface area contributed by atoms with Gasteiger partial charge in [-0.3, -0.25) is 9.32 Å². The van der Waals surface area contributed by atoms with Crippen LogP contribution in [-0.2, 0) is 13.9 Å². The molecular weight excluding hydrogens is 287 g/mol. The molecule has 0 amide bonds. The largest absolute Gasteiger partial charge is 0.469 e. The number of carbonyl (C=O) groups excluding carboxylic acids is 1. The first-order valence-electron chi connectivity index (χ1n) is 4.07. The standard InChI is InChI=1S/C6H13O9P.Ca/c7-1-3(8)5(10)6(11)4(9)2-15-16(12,13)14;/h4-7,9-11H,1-2H2,(H2,12,13,14);/t4-,5-,6-;/m1./s1. The first-order chi connectivity index (χ1) is 7.19. The van der Waals surface area contributed by atoms with Gasteiger partial charge in [-0.25, -0.2) is 4.57 Å². The molecule has 17 heavy (non-hydrogen) atoms. The minimum atomic E-state index is -4.81. The van der Waals surface area contributed by atoms with Crippen molar-refractivity contribution in [3.63, 3.8) is 0 Å². The van der Waals surface area contributed by atoms with Crippen molar-refractivity contribution in [2.24, 2.45) is 0 Å². The summed E-state index contributed by atoms with van der Waals surface area (Å²) in [5.74, 6) is -1.14. The Hall–Kier alpha value is 0.880. The maximum Gasteiger partial charge on any atom is 0.469 e. The molecule has 9 nitrogen and oxygen atoms in total. The van der Waals surface area contributed by atoms with Crippen LogP contribution in [0.25, 0.3) is 0 Å². The third-order valence-corrected chi connectivity index (χ3v) is 2.10. The van der Waals surface area contributed by atoms with Crippen LogP contribution in [0.3, 0.4) is 0 Å². The summed E-state index contributed by atoms with van der Waals surface area (Å²) in [6.07, 6.45) is -5.94. The fourth-order valence-corrected chi connectivity index (χ4v) is 1.11. The molecule has 0 aliphatic heterocycles. The van der Waals surface area contributed by atoms with Gasteiger partial charge >= 0.3 is 7.82 Å². The van der Waals surface area contributed by atoms with Crippen LogP contribution in [-0.4, -0.2) is 105 Å². The zero-order valence-corrected chi connectivity index (χ0v) is 11.8. The van der Waals surface area contributed by atoms with Crippen LogP contribution in [0.2, 0.25) is 0 Å². The second-order valence-corrected chi connectivity index (χ2v) is 4.15. The Morgan fingerprint density at radius 2 is 1.71 bits per heavy atom. The Bertz CT molecular complexity index is 279. The van der Waals surface area contributed by atoms with Gasteiger partial charge < -0.3 is 30.2 Å². The molecule has 3 atom stereocenters. The zero-order chi connectivity index (χ0) is 12.9. The predicted molar refractivity (Wildman–Crippen MR) is 53.9 cm³/mol. The second kappa shape index (κ2) is 8.89. The monoisotopic (exact) mass is 300 g/mol. The number of aliphatic hydroxyl groups is 4. The van der Waals surface area contributed by atoms with E-state index in [4.69, 9.17) is 30.2 Å². The van der Waals surface area contributed by atoms with Crippen molar-refractivity contribution in [2.45, 2.75) is 18.3 Å². The average molecular weight is 300 g/mol. The second-order valence-electron chi connectivity index (χ2n) is 2.91. The van der Waals surface area contributed by atoms with Crippen molar-refractivity contribution in [1.82, 2.24) is 0 Å². The van der Waals surface area contributed by atoms with Crippen LogP contribution in [0.5, 0.6) is 0 Å². The molecule has 0 bridgehead atoms. The number of phosphoric acid groups is 1. The van der Waals surface area contributed by atoms with E-state index >= 15 is 0 Å². The van der Waals surface area contributed by atoms with Gasteiger partial charge in [0.05, 0.1) is 6.61 Å². The van der Waals surface area contributed by atoms with Gasteiger partial charge in [-0.05, 0) is 0 Å². The van der Waals surface area contributed by atoms with Crippen molar-refractivity contribution in [3.05, 3.63) is 0 Å². The molecule has 11 heteroatoms. The number of rotatable bonds is 7. The van der Waals surface area contributed by atoms with Crippen molar-refractivity contribution in [2.75, 3.05) is 13.2 Å². The Balaban J connectivity index is 0. The van der Waals surface area contributed by atoms with Crippen LogP contribution < -0.4 is 0 Å². The van der Waals surface area contributed by atoms with Gasteiger partial charge in [0.2, 0.25) is 0 Å². The summed E-state index contributed by atoms with van der Waals surface area (Å²) < 4.78 is 14.1. The van der Waals surface area contributed by atoms with Crippen molar-refractivity contribution >= 4 is 51.3 Å². The van der Waals surface area contributed by atoms with Gasteiger partial charge in [0.25, 0.3) is 0 Å². The molecule has 6 N–H and O–H groups in total. The first kappa shape index (κ1) is 20.2. The fraction of sp³-hybridized carbons (Fsp3) is 0.833. The smallest absolute Gasteiger partial charge is 0.388 e. The maximum atomic E-state index is 10.7. The van der Waals surface area contributed by atoms with Crippen LogP contribution in [0.4, 0.5) is 0 Å². The van der Waals surface area contributed by atoms with Gasteiger partial charge in [0.15, 0.2) is 5.78 Å². The van der Waals surface area contributed by atoms with E-state index in [-0.39, 0.29) is 37.7 Å². The van der Waals surface area contributed by atoms with Crippen LogP contribution in [0.15, 0.2) is 0 Å². The van der Waals surface area contributed by atoms with Gasteiger partial charge in [0.1, 0.15) is 24.9 Å². The van der Waals surface area contributed by atoms with Crippen molar-refractivity contribution < 1.29 is 44.1 Å². The number of phosphoric ester groups is 1. The molecule has 0 aromatic heterocycles. The van der Waals surface area contributed by atoms with Crippen molar-refractivity contribution in [1.29, 1.82) is 0 Å². The quantitative estimate of drug-likeness (QED) is 0.205. The molecular formula is C6H13CaO9P. The number of ketones is 1. The molecule has 0 rings (SSSR count). The van der Waals surface area contributed by atoms with Crippen molar-refractivity contribution in [3.8, 4) is 0 Å². The van der Waals surface area contributed by atoms with Gasteiger partial charge in [0, 0.05) is 37.7 Å². The van der Waals surface area contributed by atoms with E-state index in [1.165, 1.54) is 0 Å². The third kappa shape index (κ3) is 8.57. The minimum Gasteiger partial charge on any atom is -0.388 e. The molecule has 0 aromatic rings. The summed E-state index contributed by atoms with van der Waals surface area (Å²) in [5, 5.41) is 35.6. The van der Waals surface area contributed by atoms with E-state index in [2.05, 4.69) is 4.52 Å². The van der Waals surface area contributed by atoms with Crippen LogP contribution in [0.1, 0.15) is 0 Å². The first-order valence-corrected chi connectivity index (χ1v) is 5.60. The van der Waals surface area contributed by atoms with Gasteiger partial charge in [-0.15, -0.1) is 0 Å². The van der Waals surface area contributed by atoms with E-state index in [9.17, 15) is 9.36 Å². The SMILES string of the molecule is O=C(CO)[C@@H](O)[C@H](O)[C@H](O)COP(=O)(O)O.[Ca]. The van der Waals surface area contributed by atoms with E-state index < -0.39 is 45.1 Å². The molecule has 0 saturated carbocycles. The molecule has 2 radical (unpaired) electrons. The maximum absolute atomic E-state index is 10.7. The summed E-state index contributed by atoms with van der Waals surface area (Å²) in [5.41, 5.74) is 0. The number of carbonyl (C=O) groups is 1. The Morgan fingerprint density at radius 3 is 2.06 bits per heavy atom. The molecule has 0 fully saturated rings. The van der Waals surface area contributed by atoms with Crippen LogP contribution >= 0.6 is 7.82 Å². The predicted octanol–water partition coefficient (Wildman–Crippen LogP) is -3.64. The summed E-state index contributed by atoms with van der Waals surface area (Å²) in [6.45, 7) is -2.01. The molecule has 0 spiro atoms. The van der Waals surface area contributed by atoms with E-state index in [1.54, 1.807) is 0 Å². The molecule has 0 heterocycles. The van der Waals surface area contributed by atoms with Crippen LogP contribution in [0, 0.1) is 0 Å². The Labute approximate surface area is 126 Å². The number of hydrogen-bond acceptors (Lipinski definition) is 7. The summed E-state index contributed by atoms with van der Waals surface area (Å²) >= 11 is 0. The minimum absolute atomic E-state index is 0. The zero-order valence-electron chi connectivity index (χ0n) is 8.71. The number of Topliss-reactive ketones (excluding diaryl/α,β-unsaturated/α-hetero) is 1.